The van der Waals surface area contributed by atoms with Crippen LogP contribution in [0.15, 0.2) is 17.4 Å². The molecule has 0 atom stereocenters. The van der Waals surface area contributed by atoms with E-state index in [1.165, 1.54) is 11.5 Å². The monoisotopic (exact) mass is 532 g/mol. The Balaban J connectivity index is 0.00000300. The van der Waals surface area contributed by atoms with Crippen LogP contribution in [0.1, 0.15) is 39.3 Å². The van der Waals surface area contributed by atoms with Gasteiger partial charge in [0.1, 0.15) is 18.2 Å². The molecule has 0 amide bonds. The Morgan fingerprint density at radius 2 is 2.00 bits per heavy atom. The van der Waals surface area contributed by atoms with Crippen molar-refractivity contribution in [2.45, 2.75) is 47.2 Å². The largest absolute Gasteiger partial charge is 0.357 e. The van der Waals surface area contributed by atoms with Gasteiger partial charge in [-0.1, -0.05) is 20.8 Å². The minimum Gasteiger partial charge on any atom is -0.357 e. The van der Waals surface area contributed by atoms with Crippen molar-refractivity contribution >= 4 is 46.6 Å². The van der Waals surface area contributed by atoms with E-state index in [-0.39, 0.29) is 24.0 Å². The van der Waals surface area contributed by atoms with Gasteiger partial charge >= 0.3 is 0 Å². The van der Waals surface area contributed by atoms with E-state index < -0.39 is 0 Å². The second-order valence-corrected chi connectivity index (χ2v) is 8.11. The first-order chi connectivity index (χ1) is 13.6. The molecule has 0 aliphatic carbocycles. The lowest BCUT2D eigenvalue weighted by Crippen LogP contribution is -2.52. The van der Waals surface area contributed by atoms with Crippen molar-refractivity contribution < 1.29 is 0 Å². The maximum atomic E-state index is 4.87. The number of aryl methyl sites for hydroxylation is 1. The van der Waals surface area contributed by atoms with Gasteiger partial charge in [0.25, 0.3) is 0 Å². The topological polar surface area (TPSA) is 74.5 Å². The maximum absolute atomic E-state index is 4.87. The molecule has 3 heterocycles. The number of nitrogens with zero attached hydrogens (tertiary/aromatic N) is 7. The summed E-state index contributed by atoms with van der Waals surface area (Å²) in [5, 5.41) is 4.47. The van der Waals surface area contributed by atoms with Gasteiger partial charge in [0.15, 0.2) is 5.96 Å². The van der Waals surface area contributed by atoms with Crippen LogP contribution in [0.25, 0.3) is 0 Å². The van der Waals surface area contributed by atoms with Gasteiger partial charge in [-0.05, 0) is 12.8 Å². The predicted molar refractivity (Wildman–Crippen MR) is 130 cm³/mol. The fraction of sp³-hybridized carbons (Fsp3) is 0.684. The minimum absolute atomic E-state index is 0. The van der Waals surface area contributed by atoms with Crippen molar-refractivity contribution in [3.63, 3.8) is 0 Å². The first-order valence-corrected chi connectivity index (χ1v) is 11.0. The number of aliphatic imine (C=N–C) groups is 1. The molecule has 2 aromatic rings. The summed E-state index contributed by atoms with van der Waals surface area (Å²) in [6.45, 7) is 14.8. The van der Waals surface area contributed by atoms with Crippen molar-refractivity contribution in [2.75, 3.05) is 37.6 Å². The van der Waals surface area contributed by atoms with E-state index in [0.717, 1.165) is 68.4 Å². The molecule has 10 heteroatoms. The molecule has 0 spiro atoms. The average Bonchev–Trinajstić information content (AvgIpc) is 3.34. The zero-order chi connectivity index (χ0) is 19.9. The summed E-state index contributed by atoms with van der Waals surface area (Å²) in [4.78, 5) is 18.6. The van der Waals surface area contributed by atoms with Crippen LogP contribution in [0.2, 0.25) is 0 Å². The fourth-order valence-corrected chi connectivity index (χ4v) is 4.05. The quantitative estimate of drug-likeness (QED) is 0.336. The highest BCUT2D eigenvalue weighted by atomic mass is 127. The van der Waals surface area contributed by atoms with Gasteiger partial charge in [-0.2, -0.15) is 4.37 Å². The number of anilines is 1. The van der Waals surface area contributed by atoms with Crippen LogP contribution in [0.4, 0.5) is 5.13 Å². The number of hydrogen-bond acceptors (Lipinski definition) is 6. The molecule has 1 aliphatic heterocycles. The summed E-state index contributed by atoms with van der Waals surface area (Å²) in [5.74, 6) is 3.51. The van der Waals surface area contributed by atoms with Crippen molar-refractivity contribution in [1.82, 2.24) is 29.1 Å². The first kappa shape index (κ1) is 23.8. The van der Waals surface area contributed by atoms with Crippen LogP contribution < -0.4 is 10.2 Å². The molecule has 1 fully saturated rings. The third kappa shape index (κ3) is 6.53. The summed E-state index contributed by atoms with van der Waals surface area (Å²) < 4.78 is 6.61. The highest BCUT2D eigenvalue weighted by Gasteiger charge is 2.22. The highest BCUT2D eigenvalue weighted by molar-refractivity contribution is 14.0. The van der Waals surface area contributed by atoms with E-state index in [4.69, 9.17) is 4.99 Å². The molecule has 162 valence electrons. The highest BCUT2D eigenvalue weighted by Crippen LogP contribution is 2.19. The first-order valence-electron chi connectivity index (χ1n) is 10.2. The SMILES string of the molecule is CCNC(=NCc1nccn1CC(C)C)N1CCN(c2nc(CC)ns2)CC1.I. The maximum Gasteiger partial charge on any atom is 0.205 e. The number of nitrogens with one attached hydrogen (secondary N) is 1. The number of imidazole rings is 1. The van der Waals surface area contributed by atoms with Gasteiger partial charge in [-0.3, -0.25) is 0 Å². The van der Waals surface area contributed by atoms with E-state index in [1.54, 1.807) is 0 Å². The van der Waals surface area contributed by atoms with Crippen molar-refractivity contribution in [3.05, 3.63) is 24.0 Å². The summed E-state index contributed by atoms with van der Waals surface area (Å²) in [6.07, 6.45) is 4.80. The molecule has 0 aromatic carbocycles. The van der Waals surface area contributed by atoms with Gasteiger partial charge < -0.3 is 19.7 Å². The Morgan fingerprint density at radius 3 is 2.62 bits per heavy atom. The zero-order valence-corrected chi connectivity index (χ0v) is 21.0. The summed E-state index contributed by atoms with van der Waals surface area (Å²) >= 11 is 1.50. The number of guanidine groups is 1. The molecule has 0 radical (unpaired) electrons. The van der Waals surface area contributed by atoms with E-state index in [1.807, 2.05) is 12.4 Å². The molecule has 2 aromatic heterocycles. The van der Waals surface area contributed by atoms with E-state index in [2.05, 4.69) is 61.7 Å². The van der Waals surface area contributed by atoms with E-state index in [0.29, 0.717) is 12.5 Å². The molecule has 0 saturated carbocycles. The number of aromatic nitrogens is 4. The summed E-state index contributed by atoms with van der Waals surface area (Å²) in [7, 11) is 0. The molecule has 8 nitrogen and oxygen atoms in total. The third-order valence-corrected chi connectivity index (χ3v) is 5.51. The van der Waals surface area contributed by atoms with Crippen LogP contribution in [-0.2, 0) is 19.5 Å². The van der Waals surface area contributed by atoms with Crippen LogP contribution >= 0.6 is 35.5 Å². The molecule has 0 unspecified atom stereocenters. The molecular formula is C19H33IN8S. The van der Waals surface area contributed by atoms with E-state index in [9.17, 15) is 0 Å². The zero-order valence-electron chi connectivity index (χ0n) is 17.8. The fourth-order valence-electron chi connectivity index (χ4n) is 3.25. The molecule has 1 saturated heterocycles. The molecule has 29 heavy (non-hydrogen) atoms. The lowest BCUT2D eigenvalue weighted by atomic mass is 10.2. The average molecular weight is 533 g/mol. The standard InChI is InChI=1S/C19H32N8S.HI/c1-5-16-23-19(28-24-16)26-11-9-25(10-12-26)18(20-6-2)22-13-17-21-7-8-27(17)14-15(3)4;/h7-8,15H,5-6,9-14H2,1-4H3,(H,20,22);1H. The van der Waals surface area contributed by atoms with Crippen LogP contribution in [0, 0.1) is 5.92 Å². The van der Waals surface area contributed by atoms with Gasteiger partial charge in [0.05, 0.1) is 0 Å². The third-order valence-electron chi connectivity index (χ3n) is 4.69. The van der Waals surface area contributed by atoms with Gasteiger partial charge in [-0.15, -0.1) is 24.0 Å². The number of hydrogen-bond donors (Lipinski definition) is 1. The number of halogens is 1. The molecule has 3 rings (SSSR count). The predicted octanol–water partition coefficient (Wildman–Crippen LogP) is 2.86. The van der Waals surface area contributed by atoms with E-state index >= 15 is 0 Å². The molecule has 1 aliphatic rings. The van der Waals surface area contributed by atoms with Gasteiger partial charge in [-0.25, -0.2) is 15.0 Å². The van der Waals surface area contributed by atoms with Crippen LogP contribution in [-0.4, -0.2) is 62.5 Å². The second-order valence-electron chi connectivity index (χ2n) is 7.38. The Hall–Kier alpha value is -1.43. The van der Waals surface area contributed by atoms with Gasteiger partial charge in [0.2, 0.25) is 5.13 Å². The smallest absolute Gasteiger partial charge is 0.205 e. The number of rotatable bonds is 7. The molecule has 1 N–H and O–H groups in total. The Bertz CT molecular complexity index is 764. The van der Waals surface area contributed by atoms with Crippen molar-refractivity contribution in [3.8, 4) is 0 Å². The lowest BCUT2D eigenvalue weighted by Gasteiger charge is -2.36. The summed E-state index contributed by atoms with van der Waals surface area (Å²) in [5.41, 5.74) is 0. The van der Waals surface area contributed by atoms with Crippen LogP contribution in [0.5, 0.6) is 0 Å². The Labute approximate surface area is 195 Å². The van der Waals surface area contributed by atoms with Crippen molar-refractivity contribution in [1.29, 1.82) is 0 Å². The summed E-state index contributed by atoms with van der Waals surface area (Å²) in [6, 6.07) is 0. The van der Waals surface area contributed by atoms with Crippen LogP contribution in [0.3, 0.4) is 0 Å². The molecule has 0 bridgehead atoms. The van der Waals surface area contributed by atoms with Gasteiger partial charge in [0, 0.05) is 69.6 Å². The second kappa shape index (κ2) is 11.7. The lowest BCUT2D eigenvalue weighted by molar-refractivity contribution is 0.372. The number of piperazine rings is 1. The normalized spacial score (nSPS) is 15.0. The Kier molecular flexibility index (Phi) is 9.60. The Morgan fingerprint density at radius 1 is 1.24 bits per heavy atom. The minimum atomic E-state index is 0. The molecular weight excluding hydrogens is 499 g/mol. The van der Waals surface area contributed by atoms with Crippen molar-refractivity contribution in [2.24, 2.45) is 10.9 Å².